The molecule has 0 spiro atoms. The summed E-state index contributed by atoms with van der Waals surface area (Å²) < 4.78 is 38.0. The maximum absolute atomic E-state index is 13.4. The van der Waals surface area contributed by atoms with E-state index in [0.29, 0.717) is 16.9 Å². The van der Waals surface area contributed by atoms with Crippen LogP contribution >= 0.6 is 11.6 Å². The van der Waals surface area contributed by atoms with Crippen LogP contribution in [0.15, 0.2) is 42.5 Å². The van der Waals surface area contributed by atoms with Gasteiger partial charge < -0.3 is 15.3 Å². The Labute approximate surface area is 184 Å². The minimum absolute atomic E-state index is 0.0561. The first-order valence-corrected chi connectivity index (χ1v) is 11.5. The number of carbonyl (C=O) groups is 2. The first-order chi connectivity index (χ1) is 14.4. The molecule has 1 aliphatic heterocycles. The monoisotopic (exact) mass is 469 g/mol. The van der Waals surface area contributed by atoms with Gasteiger partial charge in [0.25, 0.3) is 11.8 Å². The number of hydrogen-bond donors (Lipinski definition) is 2. The second-order valence-electron chi connectivity index (χ2n) is 7.28. The molecule has 0 aliphatic carbocycles. The van der Waals surface area contributed by atoms with Gasteiger partial charge in [0.2, 0.25) is 15.6 Å². The smallest absolute Gasteiger partial charge is 0.268 e. The molecule has 0 bridgehead atoms. The van der Waals surface area contributed by atoms with Crippen LogP contribution in [0.1, 0.15) is 12.0 Å². The highest BCUT2D eigenvalue weighted by molar-refractivity contribution is 7.92. The third-order valence-corrected chi connectivity index (χ3v) is 6.47. The molecule has 1 heterocycles. The lowest BCUT2D eigenvalue weighted by atomic mass is 10.0. The Morgan fingerprint density at radius 2 is 2.03 bits per heavy atom. The summed E-state index contributed by atoms with van der Waals surface area (Å²) in [5, 5.41) is 13.3. The topological polar surface area (TPSA) is 107 Å². The van der Waals surface area contributed by atoms with Crippen molar-refractivity contribution in [3.05, 3.63) is 58.9 Å². The summed E-state index contributed by atoms with van der Waals surface area (Å²) in [4.78, 5) is 26.7. The first-order valence-electron chi connectivity index (χ1n) is 9.23. The third-order valence-electron chi connectivity index (χ3n) is 5.05. The van der Waals surface area contributed by atoms with Crippen LogP contribution in [0.25, 0.3) is 0 Å². The third kappa shape index (κ3) is 4.81. The van der Waals surface area contributed by atoms with Gasteiger partial charge >= 0.3 is 0 Å². The fourth-order valence-corrected chi connectivity index (χ4v) is 3.99. The predicted molar refractivity (Wildman–Crippen MR) is 115 cm³/mol. The van der Waals surface area contributed by atoms with E-state index in [1.165, 1.54) is 30.1 Å². The van der Waals surface area contributed by atoms with Crippen LogP contribution in [0.5, 0.6) is 0 Å². The minimum Gasteiger partial charge on any atom is -0.372 e. The lowest BCUT2D eigenvalue weighted by molar-refractivity contribution is -0.149. The molecule has 1 saturated heterocycles. The van der Waals surface area contributed by atoms with Gasteiger partial charge in [-0.05, 0) is 42.0 Å². The number of benzene rings is 2. The van der Waals surface area contributed by atoms with Crippen molar-refractivity contribution in [3.63, 3.8) is 0 Å². The molecule has 0 aromatic heterocycles. The van der Waals surface area contributed by atoms with E-state index in [2.05, 4.69) is 5.32 Å². The van der Waals surface area contributed by atoms with Crippen LogP contribution in [-0.2, 0) is 26.2 Å². The number of aliphatic hydroxyl groups is 1. The van der Waals surface area contributed by atoms with Crippen LogP contribution in [0.3, 0.4) is 0 Å². The summed E-state index contributed by atoms with van der Waals surface area (Å²) in [6, 6.07) is 9.96. The minimum atomic E-state index is -3.51. The van der Waals surface area contributed by atoms with Gasteiger partial charge in [-0.15, -0.1) is 0 Å². The van der Waals surface area contributed by atoms with Crippen molar-refractivity contribution in [3.8, 4) is 0 Å². The van der Waals surface area contributed by atoms with E-state index >= 15 is 0 Å². The van der Waals surface area contributed by atoms with Gasteiger partial charge in [-0.2, -0.15) is 0 Å². The van der Waals surface area contributed by atoms with Crippen molar-refractivity contribution in [2.24, 2.45) is 0 Å². The van der Waals surface area contributed by atoms with Gasteiger partial charge in [0.05, 0.1) is 11.9 Å². The Morgan fingerprint density at radius 1 is 1.32 bits per heavy atom. The summed E-state index contributed by atoms with van der Waals surface area (Å²) in [6.45, 7) is -0.0683. The van der Waals surface area contributed by atoms with E-state index in [9.17, 15) is 27.5 Å². The molecule has 0 unspecified atom stereocenters. The molecule has 11 heteroatoms. The molecule has 2 N–H and O–H groups in total. The first kappa shape index (κ1) is 23.0. The maximum atomic E-state index is 13.4. The SMILES string of the molecule is CN(c1cccc(N2CC[C@](O)(C(=O)NCc3cc(F)cc(Cl)c3)C2=O)c1)S(C)(=O)=O. The summed E-state index contributed by atoms with van der Waals surface area (Å²) >= 11 is 5.79. The molecule has 2 aromatic rings. The Bertz CT molecular complexity index is 1120. The molecule has 31 heavy (non-hydrogen) atoms. The quantitative estimate of drug-likeness (QED) is 0.626. The standard InChI is InChI=1S/C20H21ClFN3O5S/c1-24(31(2,29)30)16-4-3-5-17(11-16)25-7-6-20(28,19(25)27)18(26)23-12-13-8-14(21)10-15(22)9-13/h3-5,8-11,28H,6-7,12H2,1-2H3,(H,23,26)/t20-/m0/s1. The van der Waals surface area contributed by atoms with Gasteiger partial charge in [-0.3, -0.25) is 13.9 Å². The highest BCUT2D eigenvalue weighted by atomic mass is 35.5. The zero-order valence-corrected chi connectivity index (χ0v) is 18.4. The summed E-state index contributed by atoms with van der Waals surface area (Å²) in [6.07, 6.45) is 0.892. The van der Waals surface area contributed by atoms with E-state index in [4.69, 9.17) is 11.6 Å². The van der Waals surface area contributed by atoms with Gasteiger partial charge in [0.1, 0.15) is 5.82 Å². The summed E-state index contributed by atoms with van der Waals surface area (Å²) in [5.74, 6) is -2.32. The number of nitrogens with one attached hydrogen (secondary N) is 1. The Morgan fingerprint density at radius 3 is 2.68 bits per heavy atom. The predicted octanol–water partition coefficient (Wildman–Crippen LogP) is 1.66. The largest absolute Gasteiger partial charge is 0.372 e. The molecule has 166 valence electrons. The Kier molecular flexibility index (Phi) is 6.26. The van der Waals surface area contributed by atoms with Crippen molar-refractivity contribution in [2.75, 3.05) is 29.1 Å². The van der Waals surface area contributed by atoms with E-state index in [0.717, 1.165) is 16.6 Å². The number of carbonyl (C=O) groups excluding carboxylic acids is 2. The van der Waals surface area contributed by atoms with Crippen molar-refractivity contribution >= 4 is 44.8 Å². The molecule has 0 saturated carbocycles. The second-order valence-corrected chi connectivity index (χ2v) is 9.73. The van der Waals surface area contributed by atoms with Crippen LogP contribution in [0, 0.1) is 5.82 Å². The number of anilines is 2. The average molecular weight is 470 g/mol. The molecule has 3 rings (SSSR count). The average Bonchev–Trinajstić information content (AvgIpc) is 3.00. The van der Waals surface area contributed by atoms with Crippen molar-refractivity contribution < 1.29 is 27.5 Å². The molecule has 0 radical (unpaired) electrons. The van der Waals surface area contributed by atoms with Crippen LogP contribution < -0.4 is 14.5 Å². The second kappa shape index (κ2) is 8.45. The highest BCUT2D eigenvalue weighted by Crippen LogP contribution is 2.31. The van der Waals surface area contributed by atoms with Crippen LogP contribution in [-0.4, -0.2) is 50.8 Å². The molecule has 2 aromatic carbocycles. The zero-order valence-electron chi connectivity index (χ0n) is 16.8. The van der Waals surface area contributed by atoms with E-state index in [1.54, 1.807) is 18.2 Å². The molecule has 1 fully saturated rings. The van der Waals surface area contributed by atoms with Crippen molar-refractivity contribution in [2.45, 2.75) is 18.6 Å². The lowest BCUT2D eigenvalue weighted by Crippen LogP contribution is -2.52. The summed E-state index contributed by atoms with van der Waals surface area (Å²) in [5.41, 5.74) is -1.24. The van der Waals surface area contributed by atoms with E-state index in [-0.39, 0.29) is 24.5 Å². The number of halogens is 2. The van der Waals surface area contributed by atoms with Crippen molar-refractivity contribution in [1.82, 2.24) is 5.32 Å². The number of hydrogen-bond acceptors (Lipinski definition) is 5. The van der Waals surface area contributed by atoms with E-state index in [1.807, 2.05) is 0 Å². The lowest BCUT2D eigenvalue weighted by Gasteiger charge is -2.23. The molecule has 1 atom stereocenters. The molecular formula is C20H21ClFN3O5S. The molecule has 8 nitrogen and oxygen atoms in total. The Balaban J connectivity index is 1.75. The highest BCUT2D eigenvalue weighted by Gasteiger charge is 2.51. The zero-order chi connectivity index (χ0) is 23.0. The normalized spacial score (nSPS) is 18.9. The number of nitrogens with zero attached hydrogens (tertiary/aromatic N) is 2. The van der Waals surface area contributed by atoms with Gasteiger partial charge in [0, 0.05) is 37.3 Å². The molecule has 2 amide bonds. The number of amides is 2. The van der Waals surface area contributed by atoms with Gasteiger partial charge in [0.15, 0.2) is 0 Å². The number of sulfonamides is 1. The maximum Gasteiger partial charge on any atom is 0.268 e. The summed E-state index contributed by atoms with van der Waals surface area (Å²) in [7, 11) is -2.13. The van der Waals surface area contributed by atoms with Crippen LogP contribution in [0.2, 0.25) is 5.02 Å². The fourth-order valence-electron chi connectivity index (χ4n) is 3.25. The molecular weight excluding hydrogens is 449 g/mol. The Hall–Kier alpha value is -2.69. The van der Waals surface area contributed by atoms with Gasteiger partial charge in [-0.25, -0.2) is 12.8 Å². The van der Waals surface area contributed by atoms with Gasteiger partial charge in [-0.1, -0.05) is 17.7 Å². The van der Waals surface area contributed by atoms with Crippen molar-refractivity contribution in [1.29, 1.82) is 0 Å². The van der Waals surface area contributed by atoms with Crippen LogP contribution in [0.4, 0.5) is 15.8 Å². The van der Waals surface area contributed by atoms with E-state index < -0.39 is 33.3 Å². The molecule has 1 aliphatic rings. The number of rotatable bonds is 6. The fraction of sp³-hybridized carbons (Fsp3) is 0.300.